The van der Waals surface area contributed by atoms with E-state index in [4.69, 9.17) is 4.42 Å². The maximum absolute atomic E-state index is 12.8. The number of carbonyl (C=O) groups is 1. The van der Waals surface area contributed by atoms with Gasteiger partial charge in [-0.1, -0.05) is 42.5 Å². The lowest BCUT2D eigenvalue weighted by atomic mass is 10.1. The largest absolute Gasteiger partial charge is 0.448 e. The van der Waals surface area contributed by atoms with Gasteiger partial charge in [-0.05, 0) is 55.8 Å². The van der Waals surface area contributed by atoms with Gasteiger partial charge in [-0.25, -0.2) is 4.98 Å². The lowest BCUT2D eigenvalue weighted by Gasteiger charge is -2.28. The highest BCUT2D eigenvalue weighted by Gasteiger charge is 2.24. The predicted octanol–water partition coefficient (Wildman–Crippen LogP) is 5.12. The maximum atomic E-state index is 12.8. The first-order chi connectivity index (χ1) is 14.8. The van der Waals surface area contributed by atoms with Crippen LogP contribution in [0.1, 0.15) is 35.0 Å². The Bertz CT molecular complexity index is 1110. The van der Waals surface area contributed by atoms with Crippen molar-refractivity contribution in [3.63, 3.8) is 0 Å². The zero-order valence-electron chi connectivity index (χ0n) is 16.6. The van der Waals surface area contributed by atoms with Crippen LogP contribution in [0.2, 0.25) is 0 Å². The van der Waals surface area contributed by atoms with Crippen molar-refractivity contribution in [2.75, 3.05) is 19.6 Å². The molecular formula is C24H23N3O2S. The molecule has 1 atom stereocenters. The second-order valence-corrected chi connectivity index (χ2v) is 8.56. The number of nitrogens with zero attached hydrogens (tertiary/aromatic N) is 2. The molecule has 0 bridgehead atoms. The van der Waals surface area contributed by atoms with Gasteiger partial charge in [-0.2, -0.15) is 0 Å². The van der Waals surface area contributed by atoms with Crippen LogP contribution in [-0.2, 0) is 0 Å². The van der Waals surface area contributed by atoms with E-state index in [1.165, 1.54) is 18.4 Å². The van der Waals surface area contributed by atoms with Crippen molar-refractivity contribution in [2.24, 2.45) is 0 Å². The van der Waals surface area contributed by atoms with Crippen molar-refractivity contribution in [3.05, 3.63) is 78.1 Å². The summed E-state index contributed by atoms with van der Waals surface area (Å²) in [6.07, 6.45) is 2.42. The summed E-state index contributed by atoms with van der Waals surface area (Å²) in [4.78, 5) is 19.8. The van der Waals surface area contributed by atoms with Gasteiger partial charge in [-0.15, -0.1) is 11.3 Å². The first-order valence-electron chi connectivity index (χ1n) is 10.3. The highest BCUT2D eigenvalue weighted by Crippen LogP contribution is 2.31. The van der Waals surface area contributed by atoms with Gasteiger partial charge in [-0.3, -0.25) is 9.69 Å². The smallest absolute Gasteiger partial charge is 0.287 e. The highest BCUT2D eigenvalue weighted by atomic mass is 32.1. The summed E-state index contributed by atoms with van der Waals surface area (Å²) in [5.41, 5.74) is 2.17. The van der Waals surface area contributed by atoms with Crippen molar-refractivity contribution in [1.82, 2.24) is 15.2 Å². The number of amides is 1. The minimum absolute atomic E-state index is 0.177. The number of rotatable bonds is 6. The summed E-state index contributed by atoms with van der Waals surface area (Å²) in [5, 5.41) is 3.86. The van der Waals surface area contributed by atoms with Gasteiger partial charge in [0, 0.05) is 6.54 Å². The number of benzene rings is 2. The number of nitrogens with one attached hydrogen (secondary N) is 1. The van der Waals surface area contributed by atoms with Crippen LogP contribution in [0.25, 0.3) is 21.0 Å². The van der Waals surface area contributed by atoms with Gasteiger partial charge in [0.1, 0.15) is 0 Å². The molecule has 1 aliphatic heterocycles. The summed E-state index contributed by atoms with van der Waals surface area (Å²) in [7, 11) is 0. The van der Waals surface area contributed by atoms with E-state index in [-0.39, 0.29) is 11.9 Å². The monoisotopic (exact) mass is 417 g/mol. The Kier molecular flexibility index (Phi) is 5.34. The van der Waals surface area contributed by atoms with E-state index in [1.807, 2.05) is 36.4 Å². The van der Waals surface area contributed by atoms with Gasteiger partial charge in [0.2, 0.25) is 0 Å². The second kappa shape index (κ2) is 8.42. The molecule has 0 radical (unpaired) electrons. The fourth-order valence-electron chi connectivity index (χ4n) is 4.02. The molecule has 2 aromatic heterocycles. The average Bonchev–Trinajstić information content (AvgIpc) is 3.54. The fourth-order valence-corrected chi connectivity index (χ4v) is 4.94. The third kappa shape index (κ3) is 3.88. The van der Waals surface area contributed by atoms with Crippen molar-refractivity contribution in [1.29, 1.82) is 0 Å². The zero-order chi connectivity index (χ0) is 20.3. The topological polar surface area (TPSA) is 58.4 Å². The Hall–Kier alpha value is -2.96. The third-order valence-corrected chi connectivity index (χ3v) is 6.61. The van der Waals surface area contributed by atoms with Crippen molar-refractivity contribution in [2.45, 2.75) is 18.9 Å². The van der Waals surface area contributed by atoms with E-state index in [9.17, 15) is 4.79 Å². The van der Waals surface area contributed by atoms with Crippen LogP contribution in [0.4, 0.5) is 0 Å². The molecule has 0 spiro atoms. The van der Waals surface area contributed by atoms with E-state index in [0.717, 1.165) is 28.3 Å². The summed E-state index contributed by atoms with van der Waals surface area (Å²) in [5.74, 6) is 0.750. The van der Waals surface area contributed by atoms with Crippen molar-refractivity contribution in [3.8, 4) is 10.8 Å². The minimum Gasteiger partial charge on any atom is -0.448 e. The third-order valence-electron chi connectivity index (χ3n) is 5.56. The van der Waals surface area contributed by atoms with Crippen LogP contribution in [-0.4, -0.2) is 35.4 Å². The molecule has 1 aliphatic rings. The molecule has 1 saturated heterocycles. The molecule has 4 aromatic rings. The molecule has 1 N–H and O–H groups in total. The number of likely N-dealkylation sites (tertiary alicyclic amines) is 1. The minimum atomic E-state index is -0.192. The highest BCUT2D eigenvalue weighted by molar-refractivity contribution is 7.21. The number of furan rings is 1. The van der Waals surface area contributed by atoms with Gasteiger partial charge < -0.3 is 9.73 Å². The molecule has 30 heavy (non-hydrogen) atoms. The van der Waals surface area contributed by atoms with E-state index < -0.39 is 0 Å². The molecule has 6 heteroatoms. The van der Waals surface area contributed by atoms with Gasteiger partial charge in [0.05, 0.1) is 16.3 Å². The molecule has 1 fully saturated rings. The first-order valence-corrected chi connectivity index (χ1v) is 11.1. The summed E-state index contributed by atoms with van der Waals surface area (Å²) in [6, 6.07) is 22.1. The Morgan fingerprint density at radius 2 is 1.80 bits per heavy atom. The van der Waals surface area contributed by atoms with Crippen LogP contribution < -0.4 is 5.32 Å². The molecule has 2 aromatic carbocycles. The molecular weight excluding hydrogens is 394 g/mol. The number of hydrogen-bond acceptors (Lipinski definition) is 5. The van der Waals surface area contributed by atoms with E-state index >= 15 is 0 Å². The van der Waals surface area contributed by atoms with E-state index in [2.05, 4.69) is 39.5 Å². The average molecular weight is 418 g/mol. The number of hydrogen-bond donors (Lipinski definition) is 1. The normalized spacial score (nSPS) is 15.5. The summed E-state index contributed by atoms with van der Waals surface area (Å²) < 4.78 is 6.95. The Morgan fingerprint density at radius 3 is 2.60 bits per heavy atom. The van der Waals surface area contributed by atoms with Gasteiger partial charge in [0.15, 0.2) is 16.5 Å². The molecule has 1 unspecified atom stereocenters. The Balaban J connectivity index is 1.30. The molecule has 0 saturated carbocycles. The Labute approximate surface area is 179 Å². The SMILES string of the molecule is O=C(NCC(c1ccccc1)N1CCCC1)c1ccc(-c2nc3ccccc3s2)o1. The number of para-hydroxylation sites is 1. The summed E-state index contributed by atoms with van der Waals surface area (Å²) >= 11 is 1.56. The standard InChI is InChI=1S/C24H23N3O2S/c28-23(25-16-19(27-14-6-7-15-27)17-8-2-1-3-9-17)20-12-13-21(29-20)24-26-18-10-4-5-11-22(18)30-24/h1-5,8-13,19H,6-7,14-16H2,(H,25,28). The zero-order valence-corrected chi connectivity index (χ0v) is 17.4. The molecule has 0 aliphatic carbocycles. The number of carbonyl (C=O) groups excluding carboxylic acids is 1. The van der Waals surface area contributed by atoms with E-state index in [0.29, 0.717) is 18.1 Å². The van der Waals surface area contributed by atoms with Crippen LogP contribution in [0.5, 0.6) is 0 Å². The fraction of sp³-hybridized carbons (Fsp3) is 0.250. The van der Waals surface area contributed by atoms with Gasteiger partial charge >= 0.3 is 0 Å². The first kappa shape index (κ1) is 19.0. The molecule has 5 rings (SSSR count). The maximum Gasteiger partial charge on any atom is 0.287 e. The summed E-state index contributed by atoms with van der Waals surface area (Å²) in [6.45, 7) is 2.69. The number of thiazole rings is 1. The van der Waals surface area contributed by atoms with Crippen molar-refractivity contribution >= 4 is 27.5 Å². The van der Waals surface area contributed by atoms with Crippen LogP contribution in [0.15, 0.2) is 71.1 Å². The quantitative estimate of drug-likeness (QED) is 0.473. The Morgan fingerprint density at radius 1 is 1.03 bits per heavy atom. The van der Waals surface area contributed by atoms with Crippen LogP contribution in [0, 0.1) is 0 Å². The lowest BCUT2D eigenvalue weighted by Crippen LogP contribution is -2.36. The molecule has 1 amide bonds. The molecule has 5 nitrogen and oxygen atoms in total. The van der Waals surface area contributed by atoms with Crippen LogP contribution in [0.3, 0.4) is 0 Å². The lowest BCUT2D eigenvalue weighted by molar-refractivity contribution is 0.0911. The number of fused-ring (bicyclic) bond motifs is 1. The van der Waals surface area contributed by atoms with Crippen molar-refractivity contribution < 1.29 is 9.21 Å². The molecule has 3 heterocycles. The van der Waals surface area contributed by atoms with Crippen LogP contribution >= 0.6 is 11.3 Å². The molecule has 152 valence electrons. The van der Waals surface area contributed by atoms with Gasteiger partial charge in [0.25, 0.3) is 5.91 Å². The van der Waals surface area contributed by atoms with E-state index in [1.54, 1.807) is 17.4 Å². The predicted molar refractivity (Wildman–Crippen MR) is 120 cm³/mol. The second-order valence-electron chi connectivity index (χ2n) is 7.53. The number of aromatic nitrogens is 1.